The van der Waals surface area contributed by atoms with Gasteiger partial charge in [0.1, 0.15) is 18.0 Å². The second kappa shape index (κ2) is 9.05. The van der Waals surface area contributed by atoms with Crippen molar-refractivity contribution in [2.45, 2.75) is 19.4 Å². The predicted octanol–water partition coefficient (Wildman–Crippen LogP) is 3.84. The molecule has 2 aromatic carbocycles. The smallest absolute Gasteiger partial charge is 0.258 e. The number of aryl methyl sites for hydroxylation is 1. The standard InChI is InChI=1S/C24H21N3O3/c28-23(14-13-18-8-2-1-3-9-18)26-20-10-4-5-11-21(20)30-17-19-16-24(29)27-15-7-6-12-22(27)25-19/h1-12,15-16H,13-14,17H2,(H,26,28). The van der Waals surface area contributed by atoms with Crippen molar-refractivity contribution in [2.75, 3.05) is 5.32 Å². The molecule has 1 amide bonds. The number of fused-ring (bicyclic) bond motifs is 1. The third-order valence-corrected chi connectivity index (χ3v) is 4.64. The molecule has 0 fully saturated rings. The molecule has 0 spiro atoms. The SMILES string of the molecule is O=C(CCc1ccccc1)Nc1ccccc1OCc1cc(=O)n2ccccc2n1. The fourth-order valence-electron chi connectivity index (χ4n) is 3.14. The zero-order valence-electron chi connectivity index (χ0n) is 16.3. The van der Waals surface area contributed by atoms with Crippen LogP contribution in [-0.4, -0.2) is 15.3 Å². The molecule has 0 bridgehead atoms. The average molecular weight is 399 g/mol. The number of nitrogens with one attached hydrogen (secondary N) is 1. The first kappa shape index (κ1) is 19.4. The lowest BCUT2D eigenvalue weighted by atomic mass is 10.1. The fraction of sp³-hybridized carbons (Fsp3) is 0.125. The molecule has 4 aromatic rings. The van der Waals surface area contributed by atoms with Crippen molar-refractivity contribution in [3.8, 4) is 5.75 Å². The van der Waals surface area contributed by atoms with Gasteiger partial charge in [0.25, 0.3) is 5.56 Å². The monoisotopic (exact) mass is 399 g/mol. The molecule has 6 heteroatoms. The molecule has 30 heavy (non-hydrogen) atoms. The molecule has 6 nitrogen and oxygen atoms in total. The number of ether oxygens (including phenoxy) is 1. The van der Waals surface area contributed by atoms with Crippen LogP contribution in [0.2, 0.25) is 0 Å². The maximum absolute atomic E-state index is 12.4. The van der Waals surface area contributed by atoms with Crippen molar-refractivity contribution in [2.24, 2.45) is 0 Å². The Morgan fingerprint density at radius 3 is 2.60 bits per heavy atom. The van der Waals surface area contributed by atoms with Crippen molar-refractivity contribution in [3.63, 3.8) is 0 Å². The van der Waals surface area contributed by atoms with E-state index in [0.29, 0.717) is 35.6 Å². The molecule has 2 heterocycles. The van der Waals surface area contributed by atoms with Gasteiger partial charge >= 0.3 is 0 Å². The molecule has 0 aliphatic rings. The van der Waals surface area contributed by atoms with Crippen LogP contribution in [-0.2, 0) is 17.8 Å². The zero-order chi connectivity index (χ0) is 20.8. The largest absolute Gasteiger partial charge is 0.485 e. The number of benzene rings is 2. The number of nitrogens with zero attached hydrogens (tertiary/aromatic N) is 2. The lowest BCUT2D eigenvalue weighted by molar-refractivity contribution is -0.116. The van der Waals surface area contributed by atoms with Gasteiger partial charge in [-0.25, -0.2) is 4.98 Å². The van der Waals surface area contributed by atoms with Crippen LogP contribution in [0.15, 0.2) is 89.9 Å². The first-order valence-corrected chi connectivity index (χ1v) is 9.72. The van der Waals surface area contributed by atoms with Crippen LogP contribution in [0.5, 0.6) is 5.75 Å². The minimum absolute atomic E-state index is 0.0861. The van der Waals surface area contributed by atoms with Crippen molar-refractivity contribution in [1.29, 1.82) is 0 Å². The number of pyridine rings is 1. The van der Waals surface area contributed by atoms with E-state index in [9.17, 15) is 9.59 Å². The quantitative estimate of drug-likeness (QED) is 0.512. The number of amides is 1. The van der Waals surface area contributed by atoms with Crippen molar-refractivity contribution in [1.82, 2.24) is 9.38 Å². The Labute approximate surface area is 173 Å². The van der Waals surface area contributed by atoms with E-state index < -0.39 is 0 Å². The summed E-state index contributed by atoms with van der Waals surface area (Å²) in [6.07, 6.45) is 2.72. The topological polar surface area (TPSA) is 72.7 Å². The Balaban J connectivity index is 1.42. The maximum Gasteiger partial charge on any atom is 0.258 e. The van der Waals surface area contributed by atoms with E-state index in [1.54, 1.807) is 30.5 Å². The molecule has 1 N–H and O–H groups in total. The number of anilines is 1. The highest BCUT2D eigenvalue weighted by atomic mass is 16.5. The molecule has 4 rings (SSSR count). The second-order valence-corrected chi connectivity index (χ2v) is 6.83. The summed E-state index contributed by atoms with van der Waals surface area (Å²) in [5.74, 6) is 0.442. The van der Waals surface area contributed by atoms with Gasteiger partial charge in [-0.1, -0.05) is 48.5 Å². The molecule has 0 saturated carbocycles. The number of rotatable bonds is 7. The Morgan fingerprint density at radius 1 is 0.967 bits per heavy atom. The van der Waals surface area contributed by atoms with E-state index in [2.05, 4.69) is 10.3 Å². The Kier molecular flexibility index (Phi) is 5.85. The molecule has 0 aliphatic heterocycles. The summed E-state index contributed by atoms with van der Waals surface area (Å²) in [6, 6.07) is 23.9. The van der Waals surface area contributed by atoms with Crippen LogP contribution >= 0.6 is 0 Å². The maximum atomic E-state index is 12.4. The molecule has 0 atom stereocenters. The van der Waals surface area contributed by atoms with Crippen molar-refractivity contribution < 1.29 is 9.53 Å². The zero-order valence-corrected chi connectivity index (χ0v) is 16.3. The molecule has 0 unspecified atom stereocenters. The highest BCUT2D eigenvalue weighted by Crippen LogP contribution is 2.25. The van der Waals surface area contributed by atoms with Crippen LogP contribution in [0.25, 0.3) is 5.65 Å². The molecule has 2 aromatic heterocycles. The van der Waals surface area contributed by atoms with Crippen molar-refractivity contribution >= 4 is 17.2 Å². The highest BCUT2D eigenvalue weighted by molar-refractivity contribution is 5.92. The summed E-state index contributed by atoms with van der Waals surface area (Å²) in [4.78, 5) is 29.1. The van der Waals surface area contributed by atoms with Gasteiger partial charge in [-0.3, -0.25) is 14.0 Å². The van der Waals surface area contributed by atoms with E-state index in [1.807, 2.05) is 48.5 Å². The average Bonchev–Trinajstić information content (AvgIpc) is 2.78. The van der Waals surface area contributed by atoms with Crippen LogP contribution in [0, 0.1) is 0 Å². The third-order valence-electron chi connectivity index (χ3n) is 4.64. The number of carbonyl (C=O) groups is 1. The first-order valence-electron chi connectivity index (χ1n) is 9.72. The van der Waals surface area contributed by atoms with Gasteiger partial charge in [0.05, 0.1) is 11.4 Å². The van der Waals surface area contributed by atoms with Gasteiger partial charge in [0.15, 0.2) is 0 Å². The normalized spacial score (nSPS) is 10.7. The molecule has 0 saturated heterocycles. The van der Waals surface area contributed by atoms with E-state index in [4.69, 9.17) is 4.74 Å². The molecular weight excluding hydrogens is 378 g/mol. The second-order valence-electron chi connectivity index (χ2n) is 6.83. The summed E-state index contributed by atoms with van der Waals surface area (Å²) >= 11 is 0. The van der Waals surface area contributed by atoms with E-state index in [1.165, 1.54) is 10.5 Å². The Bertz CT molecular complexity index is 1220. The molecule has 0 radical (unpaired) electrons. The minimum atomic E-state index is -0.165. The Hall–Kier alpha value is -3.93. The Morgan fingerprint density at radius 2 is 1.73 bits per heavy atom. The van der Waals surface area contributed by atoms with Gasteiger partial charge in [-0.2, -0.15) is 0 Å². The van der Waals surface area contributed by atoms with Gasteiger partial charge in [-0.05, 0) is 36.2 Å². The van der Waals surface area contributed by atoms with Gasteiger partial charge < -0.3 is 10.1 Å². The van der Waals surface area contributed by atoms with Crippen molar-refractivity contribution in [3.05, 3.63) is 107 Å². The number of aromatic nitrogens is 2. The summed E-state index contributed by atoms with van der Waals surface area (Å²) in [7, 11) is 0. The van der Waals surface area contributed by atoms with Gasteiger partial charge in [0.2, 0.25) is 5.91 Å². The number of hydrogen-bond donors (Lipinski definition) is 1. The molecular formula is C24H21N3O3. The summed E-state index contributed by atoms with van der Waals surface area (Å²) < 4.78 is 7.34. The van der Waals surface area contributed by atoms with E-state index in [-0.39, 0.29) is 18.1 Å². The minimum Gasteiger partial charge on any atom is -0.485 e. The lowest BCUT2D eigenvalue weighted by Gasteiger charge is -2.12. The lowest BCUT2D eigenvalue weighted by Crippen LogP contribution is -2.16. The molecule has 0 aliphatic carbocycles. The van der Waals surface area contributed by atoms with Crippen LogP contribution < -0.4 is 15.6 Å². The van der Waals surface area contributed by atoms with Crippen LogP contribution in [0.3, 0.4) is 0 Å². The summed E-state index contributed by atoms with van der Waals surface area (Å²) in [6.45, 7) is 0.123. The molecule has 150 valence electrons. The number of carbonyl (C=O) groups excluding carboxylic acids is 1. The summed E-state index contributed by atoms with van der Waals surface area (Å²) in [5, 5.41) is 2.91. The predicted molar refractivity (Wildman–Crippen MR) is 116 cm³/mol. The van der Waals surface area contributed by atoms with Gasteiger partial charge in [0, 0.05) is 18.7 Å². The first-order chi connectivity index (χ1) is 14.7. The number of para-hydroxylation sites is 2. The van der Waals surface area contributed by atoms with E-state index in [0.717, 1.165) is 5.56 Å². The van der Waals surface area contributed by atoms with Crippen LogP contribution in [0.1, 0.15) is 17.7 Å². The van der Waals surface area contributed by atoms with E-state index >= 15 is 0 Å². The summed E-state index contributed by atoms with van der Waals surface area (Å²) in [5.41, 5.74) is 2.63. The van der Waals surface area contributed by atoms with Crippen LogP contribution in [0.4, 0.5) is 5.69 Å². The highest BCUT2D eigenvalue weighted by Gasteiger charge is 2.09. The number of hydrogen-bond acceptors (Lipinski definition) is 4. The fourth-order valence-corrected chi connectivity index (χ4v) is 3.14. The van der Waals surface area contributed by atoms with Gasteiger partial charge in [-0.15, -0.1) is 0 Å². The third kappa shape index (κ3) is 4.72.